The van der Waals surface area contributed by atoms with Crippen LogP contribution in [0.1, 0.15) is 12.5 Å². The molecule has 0 fully saturated rings. The molecule has 0 bridgehead atoms. The lowest BCUT2D eigenvalue weighted by Crippen LogP contribution is -1.93. The van der Waals surface area contributed by atoms with Crippen molar-refractivity contribution in [2.75, 3.05) is 0 Å². The number of para-hydroxylation sites is 2. The topological polar surface area (TPSA) is 12.9 Å². The molecule has 0 aliphatic rings. The van der Waals surface area contributed by atoms with Crippen LogP contribution in [0.25, 0.3) is 21.8 Å². The SMILES string of the molecule is C=C(C)Cc1c2ccccc2nc2ccccc12. The number of allylic oxidation sites excluding steroid dienone is 1. The maximum atomic E-state index is 4.72. The zero-order valence-electron chi connectivity index (χ0n) is 10.5. The standard InChI is InChI=1S/C17H15N/c1-12(2)11-15-13-7-3-5-9-16(13)18-17-10-6-4-8-14(15)17/h3-10H,1,11H2,2H3. The van der Waals surface area contributed by atoms with Gasteiger partial charge in [-0.2, -0.15) is 0 Å². The largest absolute Gasteiger partial charge is 0.248 e. The fourth-order valence-corrected chi connectivity index (χ4v) is 2.42. The van der Waals surface area contributed by atoms with Gasteiger partial charge in [-0.25, -0.2) is 4.98 Å². The lowest BCUT2D eigenvalue weighted by Gasteiger charge is -2.10. The summed E-state index contributed by atoms with van der Waals surface area (Å²) < 4.78 is 0. The van der Waals surface area contributed by atoms with Crippen LogP contribution in [0.4, 0.5) is 0 Å². The van der Waals surface area contributed by atoms with E-state index in [0.717, 1.165) is 17.5 Å². The molecule has 0 saturated heterocycles. The van der Waals surface area contributed by atoms with Crippen LogP contribution < -0.4 is 0 Å². The summed E-state index contributed by atoms with van der Waals surface area (Å²) in [4.78, 5) is 4.72. The molecule has 88 valence electrons. The maximum absolute atomic E-state index is 4.72. The predicted molar refractivity (Wildman–Crippen MR) is 77.8 cm³/mol. The number of pyridine rings is 1. The minimum atomic E-state index is 0.906. The van der Waals surface area contributed by atoms with Crippen LogP contribution in [-0.2, 0) is 6.42 Å². The van der Waals surface area contributed by atoms with Crippen molar-refractivity contribution in [2.24, 2.45) is 0 Å². The van der Waals surface area contributed by atoms with Crippen molar-refractivity contribution in [1.29, 1.82) is 0 Å². The molecule has 3 rings (SSSR count). The molecule has 3 aromatic rings. The van der Waals surface area contributed by atoms with Crippen molar-refractivity contribution in [3.05, 3.63) is 66.2 Å². The molecule has 2 aromatic carbocycles. The summed E-state index contributed by atoms with van der Waals surface area (Å²) in [5.74, 6) is 0. The molecule has 0 unspecified atom stereocenters. The van der Waals surface area contributed by atoms with E-state index in [4.69, 9.17) is 4.98 Å². The number of hydrogen-bond acceptors (Lipinski definition) is 1. The summed E-state index contributed by atoms with van der Waals surface area (Å²) in [6.07, 6.45) is 0.906. The summed E-state index contributed by atoms with van der Waals surface area (Å²) in [5.41, 5.74) is 4.64. The Morgan fingerprint density at radius 3 is 1.94 bits per heavy atom. The highest BCUT2D eigenvalue weighted by molar-refractivity contribution is 5.97. The molecule has 1 aromatic heterocycles. The van der Waals surface area contributed by atoms with Crippen LogP contribution in [0, 0.1) is 0 Å². The van der Waals surface area contributed by atoms with Gasteiger partial charge < -0.3 is 0 Å². The van der Waals surface area contributed by atoms with Gasteiger partial charge in [-0.3, -0.25) is 0 Å². The number of aromatic nitrogens is 1. The van der Waals surface area contributed by atoms with Crippen molar-refractivity contribution >= 4 is 21.8 Å². The molecule has 0 radical (unpaired) electrons. The normalized spacial score (nSPS) is 10.9. The van der Waals surface area contributed by atoms with Crippen LogP contribution in [-0.4, -0.2) is 4.98 Å². The van der Waals surface area contributed by atoms with Crippen molar-refractivity contribution in [3.8, 4) is 0 Å². The molecule has 0 amide bonds. The second kappa shape index (κ2) is 4.26. The van der Waals surface area contributed by atoms with Gasteiger partial charge in [0.2, 0.25) is 0 Å². The first-order valence-electron chi connectivity index (χ1n) is 6.16. The molecule has 0 spiro atoms. The van der Waals surface area contributed by atoms with E-state index in [1.165, 1.54) is 21.9 Å². The van der Waals surface area contributed by atoms with E-state index in [1.54, 1.807) is 0 Å². The van der Waals surface area contributed by atoms with Gasteiger partial charge >= 0.3 is 0 Å². The van der Waals surface area contributed by atoms with Gasteiger partial charge in [0.15, 0.2) is 0 Å². The molecule has 1 heterocycles. The van der Waals surface area contributed by atoms with Crippen molar-refractivity contribution in [2.45, 2.75) is 13.3 Å². The molecule has 0 aliphatic carbocycles. The first kappa shape index (κ1) is 11.0. The monoisotopic (exact) mass is 233 g/mol. The third-order valence-electron chi connectivity index (χ3n) is 3.18. The molecular formula is C17H15N. The summed E-state index contributed by atoms with van der Waals surface area (Å²) in [7, 11) is 0. The molecule has 1 heteroatoms. The Morgan fingerprint density at radius 1 is 0.944 bits per heavy atom. The first-order valence-corrected chi connectivity index (χ1v) is 6.16. The van der Waals surface area contributed by atoms with E-state index in [2.05, 4.69) is 49.9 Å². The minimum absolute atomic E-state index is 0.906. The van der Waals surface area contributed by atoms with Crippen LogP contribution in [0.3, 0.4) is 0 Å². The van der Waals surface area contributed by atoms with E-state index in [-0.39, 0.29) is 0 Å². The van der Waals surface area contributed by atoms with Gasteiger partial charge in [0.25, 0.3) is 0 Å². The van der Waals surface area contributed by atoms with Crippen LogP contribution in [0.5, 0.6) is 0 Å². The van der Waals surface area contributed by atoms with Gasteiger partial charge in [0.05, 0.1) is 11.0 Å². The second-order valence-corrected chi connectivity index (χ2v) is 4.76. The van der Waals surface area contributed by atoms with E-state index >= 15 is 0 Å². The zero-order chi connectivity index (χ0) is 12.5. The third kappa shape index (κ3) is 1.78. The number of benzene rings is 2. The van der Waals surface area contributed by atoms with E-state index in [1.807, 2.05) is 12.1 Å². The van der Waals surface area contributed by atoms with E-state index in [9.17, 15) is 0 Å². The Morgan fingerprint density at radius 2 is 1.44 bits per heavy atom. The number of rotatable bonds is 2. The molecular weight excluding hydrogens is 218 g/mol. The van der Waals surface area contributed by atoms with Crippen molar-refractivity contribution in [1.82, 2.24) is 4.98 Å². The Balaban J connectivity index is 2.45. The first-order chi connectivity index (χ1) is 8.75. The summed E-state index contributed by atoms with van der Waals surface area (Å²) >= 11 is 0. The highest BCUT2D eigenvalue weighted by Gasteiger charge is 2.08. The number of nitrogens with zero attached hydrogens (tertiary/aromatic N) is 1. The Hall–Kier alpha value is -2.15. The fraction of sp³-hybridized carbons (Fsp3) is 0.118. The predicted octanol–water partition coefficient (Wildman–Crippen LogP) is 4.51. The second-order valence-electron chi connectivity index (χ2n) is 4.76. The Labute approximate surface area is 107 Å². The fourth-order valence-electron chi connectivity index (χ4n) is 2.42. The molecule has 1 nitrogen and oxygen atoms in total. The van der Waals surface area contributed by atoms with Gasteiger partial charge in [-0.05, 0) is 31.0 Å². The van der Waals surface area contributed by atoms with Gasteiger partial charge in [-0.1, -0.05) is 48.6 Å². The molecule has 0 atom stereocenters. The zero-order valence-corrected chi connectivity index (χ0v) is 10.5. The molecule has 18 heavy (non-hydrogen) atoms. The molecule has 0 aliphatic heterocycles. The minimum Gasteiger partial charge on any atom is -0.248 e. The highest BCUT2D eigenvalue weighted by atomic mass is 14.7. The Bertz CT molecular complexity index is 687. The van der Waals surface area contributed by atoms with Crippen LogP contribution in [0.2, 0.25) is 0 Å². The molecule has 0 saturated carbocycles. The molecule has 0 N–H and O–H groups in total. The van der Waals surface area contributed by atoms with Crippen molar-refractivity contribution < 1.29 is 0 Å². The lowest BCUT2D eigenvalue weighted by molar-refractivity contribution is 1.18. The maximum Gasteiger partial charge on any atom is 0.0712 e. The average Bonchev–Trinajstić information content (AvgIpc) is 2.38. The summed E-state index contributed by atoms with van der Waals surface area (Å²) in [6, 6.07) is 16.7. The van der Waals surface area contributed by atoms with E-state index in [0.29, 0.717) is 0 Å². The summed E-state index contributed by atoms with van der Waals surface area (Å²) in [5, 5.41) is 2.47. The average molecular weight is 233 g/mol. The Kier molecular flexibility index (Phi) is 2.60. The van der Waals surface area contributed by atoms with Crippen LogP contribution in [0.15, 0.2) is 60.7 Å². The smallest absolute Gasteiger partial charge is 0.0712 e. The third-order valence-corrected chi connectivity index (χ3v) is 3.18. The summed E-state index contributed by atoms with van der Waals surface area (Å²) in [6.45, 7) is 6.12. The number of hydrogen-bond donors (Lipinski definition) is 0. The lowest BCUT2D eigenvalue weighted by atomic mass is 9.97. The quantitative estimate of drug-likeness (QED) is 0.469. The van der Waals surface area contributed by atoms with Crippen molar-refractivity contribution in [3.63, 3.8) is 0 Å². The van der Waals surface area contributed by atoms with Gasteiger partial charge in [0.1, 0.15) is 0 Å². The number of fused-ring (bicyclic) bond motifs is 2. The van der Waals surface area contributed by atoms with Crippen LogP contribution >= 0.6 is 0 Å². The van der Waals surface area contributed by atoms with Gasteiger partial charge in [-0.15, -0.1) is 0 Å². The highest BCUT2D eigenvalue weighted by Crippen LogP contribution is 2.27. The van der Waals surface area contributed by atoms with Gasteiger partial charge in [0, 0.05) is 10.8 Å². The van der Waals surface area contributed by atoms with E-state index < -0.39 is 0 Å².